The van der Waals surface area contributed by atoms with Gasteiger partial charge in [0.25, 0.3) is 0 Å². The number of fused-ring (bicyclic) bond motifs is 1. The number of benzene rings is 1. The van der Waals surface area contributed by atoms with E-state index >= 15 is 0 Å². The number of esters is 1. The number of amides is 2. The van der Waals surface area contributed by atoms with Crippen LogP contribution in [0, 0.1) is 17.7 Å². The van der Waals surface area contributed by atoms with E-state index in [1.54, 1.807) is 0 Å². The average Bonchev–Trinajstić information content (AvgIpc) is 2.90. The third-order valence-electron chi connectivity index (χ3n) is 4.78. The van der Waals surface area contributed by atoms with Gasteiger partial charge in [0.15, 0.2) is 12.4 Å². The third-order valence-corrected chi connectivity index (χ3v) is 4.78. The fourth-order valence-corrected chi connectivity index (χ4v) is 3.29. The van der Waals surface area contributed by atoms with Gasteiger partial charge in [-0.05, 0) is 44.0 Å². The first-order valence-corrected chi connectivity index (χ1v) is 8.37. The first-order chi connectivity index (χ1) is 12.4. The van der Waals surface area contributed by atoms with Crippen LogP contribution in [0.5, 0.6) is 0 Å². The van der Waals surface area contributed by atoms with Crippen molar-refractivity contribution in [1.82, 2.24) is 4.90 Å². The fraction of sp³-hybridized carbons (Fsp3) is 0.368. The van der Waals surface area contributed by atoms with Gasteiger partial charge in [0.1, 0.15) is 11.9 Å². The minimum absolute atomic E-state index is 0.206. The molecule has 7 heteroatoms. The van der Waals surface area contributed by atoms with E-state index < -0.39 is 42.1 Å². The summed E-state index contributed by atoms with van der Waals surface area (Å²) in [4.78, 5) is 50.1. The number of rotatable bonds is 5. The van der Waals surface area contributed by atoms with Gasteiger partial charge in [-0.3, -0.25) is 19.3 Å². The lowest BCUT2D eigenvalue weighted by atomic mass is 9.85. The summed E-state index contributed by atoms with van der Waals surface area (Å²) < 4.78 is 17.8. The number of allylic oxidation sites excluding steroid dienone is 2. The Balaban J connectivity index is 1.61. The van der Waals surface area contributed by atoms with Crippen LogP contribution in [0.15, 0.2) is 36.4 Å². The predicted octanol–water partition coefficient (Wildman–Crippen LogP) is 1.89. The third kappa shape index (κ3) is 3.29. The topological polar surface area (TPSA) is 80.8 Å². The zero-order valence-corrected chi connectivity index (χ0v) is 14.2. The molecule has 2 amide bonds. The molecule has 1 fully saturated rings. The molecule has 0 aromatic heterocycles. The Kier molecular flexibility index (Phi) is 4.97. The molecule has 1 heterocycles. The molecule has 0 saturated carbocycles. The Morgan fingerprint density at radius 2 is 1.65 bits per heavy atom. The summed E-state index contributed by atoms with van der Waals surface area (Å²) in [7, 11) is 0. The number of Topliss-reactive ketones (excluding diaryl/α,β-unsaturated/α-hetero) is 1. The average molecular weight is 359 g/mol. The van der Waals surface area contributed by atoms with E-state index in [9.17, 15) is 23.6 Å². The van der Waals surface area contributed by atoms with Crippen LogP contribution in [0.25, 0.3) is 0 Å². The van der Waals surface area contributed by atoms with Crippen molar-refractivity contribution in [3.63, 3.8) is 0 Å². The van der Waals surface area contributed by atoms with Crippen LogP contribution in [0.4, 0.5) is 4.39 Å². The van der Waals surface area contributed by atoms with Gasteiger partial charge in [0.05, 0.1) is 11.8 Å². The molecule has 0 unspecified atom stereocenters. The molecule has 0 N–H and O–H groups in total. The highest BCUT2D eigenvalue weighted by molar-refractivity contribution is 6.08. The first kappa shape index (κ1) is 18.0. The molecule has 136 valence electrons. The standard InChI is InChI=1S/C19H18FNO5/c1-11(21-17(23)14-4-2-3-5-15(14)18(21)24)19(25)26-10-16(22)12-6-8-13(20)9-7-12/h2-3,6-9,11,14-15H,4-5,10H2,1H3/t11-,14+,15+/m0/s1. The lowest BCUT2D eigenvalue weighted by Gasteiger charge is -2.21. The van der Waals surface area contributed by atoms with Crippen molar-refractivity contribution in [2.45, 2.75) is 25.8 Å². The number of likely N-dealkylation sites (tertiary alicyclic amines) is 1. The van der Waals surface area contributed by atoms with Gasteiger partial charge in [-0.25, -0.2) is 9.18 Å². The van der Waals surface area contributed by atoms with Gasteiger partial charge in [-0.15, -0.1) is 0 Å². The van der Waals surface area contributed by atoms with E-state index in [4.69, 9.17) is 4.74 Å². The number of carbonyl (C=O) groups is 4. The number of hydrogen-bond acceptors (Lipinski definition) is 5. The number of halogens is 1. The molecule has 0 bridgehead atoms. The molecular formula is C19H18FNO5. The molecule has 3 atom stereocenters. The number of imide groups is 1. The number of hydrogen-bond donors (Lipinski definition) is 0. The summed E-state index contributed by atoms with van der Waals surface area (Å²) in [6, 6.07) is 3.76. The van der Waals surface area contributed by atoms with Crippen molar-refractivity contribution in [2.75, 3.05) is 6.61 Å². The van der Waals surface area contributed by atoms with Gasteiger partial charge in [-0.1, -0.05) is 12.2 Å². The zero-order chi connectivity index (χ0) is 18.8. The molecule has 1 aliphatic carbocycles. The maximum atomic E-state index is 12.9. The summed E-state index contributed by atoms with van der Waals surface area (Å²) >= 11 is 0. The van der Waals surface area contributed by atoms with Crippen LogP contribution in [0.1, 0.15) is 30.1 Å². The van der Waals surface area contributed by atoms with Crippen LogP contribution in [0.3, 0.4) is 0 Å². The Bertz CT molecular complexity index is 760. The maximum Gasteiger partial charge on any atom is 0.329 e. The Morgan fingerprint density at radius 1 is 1.12 bits per heavy atom. The van der Waals surface area contributed by atoms with E-state index in [1.807, 2.05) is 12.2 Å². The first-order valence-electron chi connectivity index (χ1n) is 8.37. The van der Waals surface area contributed by atoms with Crippen LogP contribution in [-0.4, -0.2) is 41.1 Å². The molecule has 1 aliphatic heterocycles. The van der Waals surface area contributed by atoms with Crippen molar-refractivity contribution >= 4 is 23.6 Å². The summed E-state index contributed by atoms with van der Waals surface area (Å²) in [6.07, 6.45) is 4.69. The molecule has 3 rings (SSSR count). The van der Waals surface area contributed by atoms with E-state index in [0.717, 1.165) is 17.0 Å². The predicted molar refractivity (Wildman–Crippen MR) is 88.4 cm³/mol. The molecule has 1 aromatic rings. The van der Waals surface area contributed by atoms with Crippen LogP contribution in [0.2, 0.25) is 0 Å². The van der Waals surface area contributed by atoms with Gasteiger partial charge in [-0.2, -0.15) is 0 Å². The summed E-state index contributed by atoms with van der Waals surface area (Å²) in [5.41, 5.74) is 0.206. The van der Waals surface area contributed by atoms with Crippen molar-refractivity contribution in [2.24, 2.45) is 11.8 Å². The van der Waals surface area contributed by atoms with E-state index in [1.165, 1.54) is 19.1 Å². The smallest absolute Gasteiger partial charge is 0.329 e. The largest absolute Gasteiger partial charge is 0.456 e. The van der Waals surface area contributed by atoms with Crippen molar-refractivity contribution < 1.29 is 28.3 Å². The number of carbonyl (C=O) groups excluding carboxylic acids is 4. The second kappa shape index (κ2) is 7.19. The minimum Gasteiger partial charge on any atom is -0.456 e. The molecule has 26 heavy (non-hydrogen) atoms. The second-order valence-corrected chi connectivity index (χ2v) is 6.42. The van der Waals surface area contributed by atoms with Crippen LogP contribution < -0.4 is 0 Å². The van der Waals surface area contributed by atoms with Crippen molar-refractivity contribution in [1.29, 1.82) is 0 Å². The Hall–Kier alpha value is -2.83. The fourth-order valence-electron chi connectivity index (χ4n) is 3.29. The van der Waals surface area contributed by atoms with Gasteiger partial charge in [0.2, 0.25) is 11.8 Å². The zero-order valence-electron chi connectivity index (χ0n) is 14.2. The lowest BCUT2D eigenvalue weighted by Crippen LogP contribution is -2.44. The molecule has 1 aromatic carbocycles. The maximum absolute atomic E-state index is 12.9. The monoisotopic (exact) mass is 359 g/mol. The highest BCUT2D eigenvalue weighted by Crippen LogP contribution is 2.36. The Labute approximate surface area is 149 Å². The second-order valence-electron chi connectivity index (χ2n) is 6.42. The summed E-state index contributed by atoms with van der Waals surface area (Å²) in [5, 5.41) is 0. The van der Waals surface area contributed by atoms with Crippen LogP contribution >= 0.6 is 0 Å². The molecule has 0 spiro atoms. The minimum atomic E-state index is -1.10. The number of ether oxygens (including phenoxy) is 1. The summed E-state index contributed by atoms with van der Waals surface area (Å²) in [6.45, 7) is 0.866. The lowest BCUT2D eigenvalue weighted by molar-refractivity contribution is -0.157. The Morgan fingerprint density at radius 3 is 2.19 bits per heavy atom. The normalized spacial score (nSPS) is 22.9. The highest BCUT2D eigenvalue weighted by atomic mass is 19.1. The molecule has 2 aliphatic rings. The number of ketones is 1. The van der Waals surface area contributed by atoms with Gasteiger partial charge >= 0.3 is 5.97 Å². The molecule has 1 saturated heterocycles. The molecular weight excluding hydrogens is 341 g/mol. The molecule has 6 nitrogen and oxygen atoms in total. The van der Waals surface area contributed by atoms with Crippen LogP contribution in [-0.2, 0) is 19.1 Å². The SMILES string of the molecule is C[C@@H](C(=O)OCC(=O)c1ccc(F)cc1)N1C(=O)[C@@H]2CC=CC[C@H]2C1=O. The van der Waals surface area contributed by atoms with Crippen molar-refractivity contribution in [3.8, 4) is 0 Å². The van der Waals surface area contributed by atoms with E-state index in [0.29, 0.717) is 12.8 Å². The van der Waals surface area contributed by atoms with Gasteiger partial charge < -0.3 is 4.74 Å². The highest BCUT2D eigenvalue weighted by Gasteiger charge is 2.50. The number of nitrogens with zero attached hydrogens (tertiary/aromatic N) is 1. The summed E-state index contributed by atoms with van der Waals surface area (Å²) in [5.74, 6) is -3.41. The van der Waals surface area contributed by atoms with E-state index in [-0.39, 0.29) is 17.4 Å². The van der Waals surface area contributed by atoms with E-state index in [2.05, 4.69) is 0 Å². The molecule has 0 radical (unpaired) electrons. The van der Waals surface area contributed by atoms with Gasteiger partial charge in [0, 0.05) is 5.56 Å². The quantitative estimate of drug-likeness (QED) is 0.347. The van der Waals surface area contributed by atoms with Crippen molar-refractivity contribution in [3.05, 3.63) is 47.8 Å².